The van der Waals surface area contributed by atoms with E-state index in [1.807, 2.05) is 11.8 Å². The number of nitro groups is 2. The highest BCUT2D eigenvalue weighted by atomic mass is 32.1. The zero-order valence-corrected chi connectivity index (χ0v) is 15.0. The van der Waals surface area contributed by atoms with Crippen LogP contribution in [0.2, 0.25) is 0 Å². The molecular formula is C15H15N5O6S. The van der Waals surface area contributed by atoms with Gasteiger partial charge in [0, 0.05) is 18.8 Å². The molecule has 0 aliphatic carbocycles. The van der Waals surface area contributed by atoms with E-state index in [0.717, 1.165) is 11.8 Å². The third kappa shape index (κ3) is 5.28. The highest BCUT2D eigenvalue weighted by molar-refractivity contribution is 7.19. The van der Waals surface area contributed by atoms with Crippen LogP contribution in [0.4, 0.5) is 27.1 Å². The van der Waals surface area contributed by atoms with E-state index in [4.69, 9.17) is 5.11 Å². The molecule has 0 fully saturated rings. The molecule has 0 radical (unpaired) electrons. The molecule has 2 aromatic rings. The van der Waals surface area contributed by atoms with Crippen molar-refractivity contribution in [1.82, 2.24) is 0 Å². The van der Waals surface area contributed by atoms with Crippen LogP contribution in [0.5, 0.6) is 0 Å². The molecule has 1 aromatic carbocycles. The SMILES string of the molecule is CCN(CCC(=O)O)c1ccc(/N=N/c2sc([N+](=O)[O-])cc2[N+](=O)[O-])cc1. The number of thiophene rings is 1. The van der Waals surface area contributed by atoms with Gasteiger partial charge in [-0.2, -0.15) is 0 Å². The number of carboxylic acid groups (broad SMARTS) is 1. The summed E-state index contributed by atoms with van der Waals surface area (Å²) >= 11 is 0.571. The predicted octanol–water partition coefficient (Wildman–Crippen LogP) is 4.28. The molecule has 27 heavy (non-hydrogen) atoms. The second-order valence-corrected chi connectivity index (χ2v) is 6.24. The number of carboxylic acids is 1. The van der Waals surface area contributed by atoms with Crippen molar-refractivity contribution in [2.75, 3.05) is 18.0 Å². The maximum Gasteiger partial charge on any atom is 0.333 e. The summed E-state index contributed by atoms with van der Waals surface area (Å²) in [6.07, 6.45) is 0.0100. The van der Waals surface area contributed by atoms with Gasteiger partial charge in [0.05, 0.1) is 22.0 Å². The lowest BCUT2D eigenvalue weighted by molar-refractivity contribution is -0.389. The number of rotatable bonds is 9. The highest BCUT2D eigenvalue weighted by Gasteiger charge is 2.25. The van der Waals surface area contributed by atoms with E-state index in [1.54, 1.807) is 24.3 Å². The molecule has 0 aliphatic rings. The summed E-state index contributed by atoms with van der Waals surface area (Å²) < 4.78 is 0. The molecule has 2 rings (SSSR count). The molecular weight excluding hydrogens is 378 g/mol. The summed E-state index contributed by atoms with van der Waals surface area (Å²) in [5, 5.41) is 37.6. The van der Waals surface area contributed by atoms with Crippen LogP contribution in [0, 0.1) is 20.2 Å². The lowest BCUT2D eigenvalue weighted by Gasteiger charge is -2.22. The third-order valence-electron chi connectivity index (χ3n) is 3.51. The topological polar surface area (TPSA) is 152 Å². The number of hydrogen-bond acceptors (Lipinski definition) is 9. The first-order valence-corrected chi connectivity index (χ1v) is 8.54. The van der Waals surface area contributed by atoms with Crippen molar-refractivity contribution in [3.05, 3.63) is 50.6 Å². The Hall–Kier alpha value is -3.41. The Labute approximate surface area is 156 Å². The van der Waals surface area contributed by atoms with Crippen molar-refractivity contribution in [2.45, 2.75) is 13.3 Å². The van der Waals surface area contributed by atoms with Gasteiger partial charge in [0.25, 0.3) is 0 Å². The highest BCUT2D eigenvalue weighted by Crippen LogP contribution is 2.41. The van der Waals surface area contributed by atoms with Crippen molar-refractivity contribution in [2.24, 2.45) is 10.2 Å². The van der Waals surface area contributed by atoms with Crippen molar-refractivity contribution in [3.63, 3.8) is 0 Å². The van der Waals surface area contributed by atoms with Crippen molar-refractivity contribution < 1.29 is 19.7 Å². The van der Waals surface area contributed by atoms with Crippen LogP contribution in [0.1, 0.15) is 13.3 Å². The van der Waals surface area contributed by atoms with Gasteiger partial charge >= 0.3 is 16.7 Å². The van der Waals surface area contributed by atoms with Gasteiger partial charge in [0.15, 0.2) is 0 Å². The Bertz CT molecular complexity index is 879. The zero-order valence-electron chi connectivity index (χ0n) is 14.1. The molecule has 1 N–H and O–H groups in total. The zero-order chi connectivity index (χ0) is 20.0. The second kappa shape index (κ2) is 8.80. The monoisotopic (exact) mass is 393 g/mol. The number of hydrogen-bond donors (Lipinski definition) is 1. The lowest BCUT2D eigenvalue weighted by Crippen LogP contribution is -2.25. The Morgan fingerprint density at radius 3 is 2.37 bits per heavy atom. The molecule has 0 saturated carbocycles. The van der Waals surface area contributed by atoms with E-state index in [-0.39, 0.29) is 16.4 Å². The van der Waals surface area contributed by atoms with Crippen LogP contribution in [0.3, 0.4) is 0 Å². The normalized spacial score (nSPS) is 10.9. The van der Waals surface area contributed by atoms with Gasteiger partial charge in [-0.25, -0.2) is 0 Å². The quantitative estimate of drug-likeness (QED) is 0.379. The Kier molecular flexibility index (Phi) is 6.49. The van der Waals surface area contributed by atoms with Crippen LogP contribution in [0.15, 0.2) is 40.6 Å². The molecule has 0 atom stereocenters. The van der Waals surface area contributed by atoms with Crippen molar-refractivity contribution >= 4 is 44.4 Å². The Morgan fingerprint density at radius 2 is 1.85 bits per heavy atom. The third-order valence-corrected chi connectivity index (χ3v) is 4.47. The molecule has 1 aromatic heterocycles. The fourth-order valence-corrected chi connectivity index (χ4v) is 2.95. The first-order valence-electron chi connectivity index (χ1n) is 7.73. The van der Waals surface area contributed by atoms with Gasteiger partial charge in [-0.05, 0) is 42.5 Å². The average molecular weight is 393 g/mol. The van der Waals surface area contributed by atoms with Gasteiger partial charge < -0.3 is 10.0 Å². The molecule has 0 bridgehead atoms. The van der Waals surface area contributed by atoms with Crippen LogP contribution in [-0.4, -0.2) is 34.0 Å². The van der Waals surface area contributed by atoms with Crippen LogP contribution in [-0.2, 0) is 4.79 Å². The molecule has 0 aliphatic heterocycles. The van der Waals surface area contributed by atoms with E-state index in [0.29, 0.717) is 30.1 Å². The Balaban J connectivity index is 2.17. The number of nitrogens with zero attached hydrogens (tertiary/aromatic N) is 5. The van der Waals surface area contributed by atoms with E-state index >= 15 is 0 Å². The summed E-state index contributed by atoms with van der Waals surface area (Å²) in [6, 6.07) is 7.55. The van der Waals surface area contributed by atoms with Crippen molar-refractivity contribution in [3.8, 4) is 0 Å². The van der Waals surface area contributed by atoms with Gasteiger partial charge in [0.2, 0.25) is 5.00 Å². The summed E-state index contributed by atoms with van der Waals surface area (Å²) in [5.41, 5.74) is 0.728. The van der Waals surface area contributed by atoms with Gasteiger partial charge in [0.1, 0.15) is 6.07 Å². The van der Waals surface area contributed by atoms with E-state index in [2.05, 4.69) is 10.2 Å². The molecule has 142 valence electrons. The average Bonchev–Trinajstić information content (AvgIpc) is 3.06. The second-order valence-electron chi connectivity index (χ2n) is 5.23. The molecule has 0 spiro atoms. The number of aliphatic carboxylic acids is 1. The first-order chi connectivity index (χ1) is 12.8. The van der Waals surface area contributed by atoms with Crippen LogP contribution >= 0.6 is 11.3 Å². The molecule has 1 heterocycles. The minimum Gasteiger partial charge on any atom is -0.481 e. The number of benzene rings is 1. The van der Waals surface area contributed by atoms with E-state index in [9.17, 15) is 25.0 Å². The van der Waals surface area contributed by atoms with Gasteiger partial charge in [-0.3, -0.25) is 25.0 Å². The van der Waals surface area contributed by atoms with E-state index in [1.165, 1.54) is 0 Å². The smallest absolute Gasteiger partial charge is 0.333 e. The predicted molar refractivity (Wildman–Crippen MR) is 98.4 cm³/mol. The van der Waals surface area contributed by atoms with Crippen LogP contribution < -0.4 is 4.90 Å². The number of anilines is 1. The van der Waals surface area contributed by atoms with Crippen molar-refractivity contribution in [1.29, 1.82) is 0 Å². The fourth-order valence-electron chi connectivity index (χ4n) is 2.19. The number of carbonyl (C=O) groups is 1. The first kappa shape index (κ1) is 19.9. The molecule has 12 heteroatoms. The summed E-state index contributed by atoms with van der Waals surface area (Å²) in [6.45, 7) is 2.88. The largest absolute Gasteiger partial charge is 0.481 e. The summed E-state index contributed by atoms with van der Waals surface area (Å²) in [7, 11) is 0. The maximum absolute atomic E-state index is 11.0. The lowest BCUT2D eigenvalue weighted by atomic mass is 10.2. The molecule has 11 nitrogen and oxygen atoms in total. The molecule has 0 saturated heterocycles. The van der Waals surface area contributed by atoms with Gasteiger partial charge in [-0.15, -0.1) is 10.2 Å². The fraction of sp³-hybridized carbons (Fsp3) is 0.267. The van der Waals surface area contributed by atoms with Crippen LogP contribution in [0.25, 0.3) is 0 Å². The standard InChI is InChI=1S/C15H15N5O6S/c1-2-18(8-7-14(21)22)11-5-3-10(4-6-11)16-17-15-12(19(23)24)9-13(27-15)20(25)26/h3-6,9H,2,7-8H2,1H3,(H,21,22)/b17-16+. The Morgan fingerprint density at radius 1 is 1.19 bits per heavy atom. The summed E-state index contributed by atoms with van der Waals surface area (Å²) in [4.78, 5) is 32.9. The number of azo groups is 1. The minimum atomic E-state index is -0.884. The maximum atomic E-state index is 11.0. The van der Waals surface area contributed by atoms with E-state index < -0.39 is 21.5 Å². The minimum absolute atomic E-state index is 0.0100. The molecule has 0 amide bonds. The summed E-state index contributed by atoms with van der Waals surface area (Å²) in [5.74, 6) is -0.884. The molecule has 0 unspecified atom stereocenters. The van der Waals surface area contributed by atoms with Gasteiger partial charge in [-0.1, -0.05) is 0 Å².